The van der Waals surface area contributed by atoms with Crippen molar-refractivity contribution in [3.63, 3.8) is 0 Å². The first kappa shape index (κ1) is 12.1. The molecule has 0 aromatic heterocycles. The maximum Gasteiger partial charge on any atom is 0.0333 e. The van der Waals surface area contributed by atoms with E-state index in [1.807, 2.05) is 12.1 Å². The van der Waals surface area contributed by atoms with Gasteiger partial charge in [0.15, 0.2) is 0 Å². The Bertz CT molecular complexity index is 349. The molecule has 0 aliphatic heterocycles. The fourth-order valence-electron chi connectivity index (χ4n) is 1.24. The lowest BCUT2D eigenvalue weighted by molar-refractivity contribution is 0.727. The molecule has 2 heteroatoms. The lowest BCUT2D eigenvalue weighted by Crippen LogP contribution is -2.11. The van der Waals surface area contributed by atoms with E-state index in [1.54, 1.807) is 0 Å². The lowest BCUT2D eigenvalue weighted by atomic mass is 10.1. The molecular formula is C13H16ClN. The average Bonchev–Trinajstić information content (AvgIpc) is 2.27. The smallest absolute Gasteiger partial charge is 0.0333 e. The highest BCUT2D eigenvalue weighted by Gasteiger charge is 1.92. The van der Waals surface area contributed by atoms with Gasteiger partial charge in [0.05, 0.1) is 0 Å². The molecule has 0 unspecified atom stereocenters. The molecule has 0 heterocycles. The summed E-state index contributed by atoms with van der Waals surface area (Å²) in [4.78, 5) is 0. The Morgan fingerprint density at radius 1 is 1.40 bits per heavy atom. The number of alkyl halides is 1. The Balaban J connectivity index is 2.62. The van der Waals surface area contributed by atoms with Gasteiger partial charge in [-0.2, -0.15) is 0 Å². The first-order valence-corrected chi connectivity index (χ1v) is 5.74. The fourth-order valence-corrected chi connectivity index (χ4v) is 1.33. The van der Waals surface area contributed by atoms with Crippen LogP contribution in [0.2, 0.25) is 0 Å². The third-order valence-electron chi connectivity index (χ3n) is 1.96. The SMILES string of the molecule is CCNCc1cccc(C#CCCCl)c1. The molecule has 80 valence electrons. The number of hydrogen-bond acceptors (Lipinski definition) is 1. The van der Waals surface area contributed by atoms with Crippen molar-refractivity contribution in [1.29, 1.82) is 0 Å². The maximum absolute atomic E-state index is 5.56. The second kappa shape index (κ2) is 7.34. The van der Waals surface area contributed by atoms with Crippen LogP contribution < -0.4 is 5.32 Å². The van der Waals surface area contributed by atoms with Crippen molar-refractivity contribution in [1.82, 2.24) is 5.32 Å². The summed E-state index contributed by atoms with van der Waals surface area (Å²) < 4.78 is 0. The zero-order chi connectivity index (χ0) is 10.9. The second-order valence-electron chi connectivity index (χ2n) is 3.22. The highest BCUT2D eigenvalue weighted by Crippen LogP contribution is 2.03. The van der Waals surface area contributed by atoms with Crippen LogP contribution in [0, 0.1) is 11.8 Å². The van der Waals surface area contributed by atoms with E-state index in [0.29, 0.717) is 5.88 Å². The number of nitrogens with one attached hydrogen (secondary N) is 1. The average molecular weight is 222 g/mol. The first-order valence-electron chi connectivity index (χ1n) is 5.21. The predicted octanol–water partition coefficient (Wildman–Crippen LogP) is 2.78. The molecule has 0 saturated heterocycles. The molecule has 0 spiro atoms. The summed E-state index contributed by atoms with van der Waals surface area (Å²) in [5.74, 6) is 6.73. The molecule has 0 saturated carbocycles. The van der Waals surface area contributed by atoms with Gasteiger partial charge in [-0.05, 0) is 24.2 Å². The van der Waals surface area contributed by atoms with E-state index >= 15 is 0 Å². The van der Waals surface area contributed by atoms with Gasteiger partial charge in [-0.3, -0.25) is 0 Å². The third kappa shape index (κ3) is 4.88. The first-order chi connectivity index (χ1) is 7.36. The Kier molecular flexibility index (Phi) is 5.92. The predicted molar refractivity (Wildman–Crippen MR) is 66.0 cm³/mol. The van der Waals surface area contributed by atoms with Crippen molar-refractivity contribution in [2.45, 2.75) is 19.9 Å². The van der Waals surface area contributed by atoms with Gasteiger partial charge in [0.25, 0.3) is 0 Å². The summed E-state index contributed by atoms with van der Waals surface area (Å²) in [6, 6.07) is 8.29. The molecule has 1 aromatic carbocycles. The van der Waals surface area contributed by atoms with Gasteiger partial charge in [0.1, 0.15) is 0 Å². The van der Waals surface area contributed by atoms with Gasteiger partial charge in [-0.1, -0.05) is 30.9 Å². The van der Waals surface area contributed by atoms with Crippen LogP contribution >= 0.6 is 11.6 Å². The maximum atomic E-state index is 5.56. The van der Waals surface area contributed by atoms with Crippen molar-refractivity contribution in [3.05, 3.63) is 35.4 Å². The van der Waals surface area contributed by atoms with Crippen LogP contribution in [0.4, 0.5) is 0 Å². The standard InChI is InChI=1S/C13H16ClN/c1-2-15-11-13-8-5-7-12(10-13)6-3-4-9-14/h5,7-8,10,15H,2,4,9,11H2,1H3. The van der Waals surface area contributed by atoms with Crippen LogP contribution in [0.25, 0.3) is 0 Å². The van der Waals surface area contributed by atoms with Gasteiger partial charge in [0.2, 0.25) is 0 Å². The summed E-state index contributed by atoms with van der Waals surface area (Å²) >= 11 is 5.56. The molecule has 0 radical (unpaired) electrons. The van der Waals surface area contributed by atoms with Crippen LogP contribution in [0.5, 0.6) is 0 Å². The molecule has 1 nitrogen and oxygen atoms in total. The van der Waals surface area contributed by atoms with Gasteiger partial charge in [0, 0.05) is 24.4 Å². The number of halogens is 1. The molecule has 1 N–H and O–H groups in total. The second-order valence-corrected chi connectivity index (χ2v) is 3.60. The number of benzene rings is 1. The van der Waals surface area contributed by atoms with E-state index in [2.05, 4.69) is 36.2 Å². The van der Waals surface area contributed by atoms with E-state index in [4.69, 9.17) is 11.6 Å². The number of rotatable bonds is 4. The van der Waals surface area contributed by atoms with Gasteiger partial charge < -0.3 is 5.32 Å². The quantitative estimate of drug-likeness (QED) is 0.609. The summed E-state index contributed by atoms with van der Waals surface area (Å²) in [5, 5.41) is 3.29. The van der Waals surface area contributed by atoms with E-state index in [9.17, 15) is 0 Å². The molecule has 0 aliphatic carbocycles. The zero-order valence-corrected chi connectivity index (χ0v) is 9.77. The minimum Gasteiger partial charge on any atom is -0.313 e. The summed E-state index contributed by atoms with van der Waals surface area (Å²) in [6.07, 6.45) is 0.749. The normalized spacial score (nSPS) is 9.47. The van der Waals surface area contributed by atoms with Crippen molar-refractivity contribution >= 4 is 11.6 Å². The van der Waals surface area contributed by atoms with Crippen LogP contribution in [0.1, 0.15) is 24.5 Å². The van der Waals surface area contributed by atoms with Gasteiger partial charge >= 0.3 is 0 Å². The zero-order valence-electron chi connectivity index (χ0n) is 9.02. The van der Waals surface area contributed by atoms with E-state index in [-0.39, 0.29) is 0 Å². The molecular weight excluding hydrogens is 206 g/mol. The van der Waals surface area contributed by atoms with Crippen molar-refractivity contribution < 1.29 is 0 Å². The van der Waals surface area contributed by atoms with Gasteiger partial charge in [-0.15, -0.1) is 11.6 Å². The van der Waals surface area contributed by atoms with E-state index in [1.165, 1.54) is 5.56 Å². The van der Waals surface area contributed by atoms with Crippen LogP contribution in [-0.4, -0.2) is 12.4 Å². The largest absolute Gasteiger partial charge is 0.313 e. The minimum atomic E-state index is 0.601. The summed E-state index contributed by atoms with van der Waals surface area (Å²) in [5.41, 5.74) is 2.34. The molecule has 0 atom stereocenters. The van der Waals surface area contributed by atoms with Crippen molar-refractivity contribution in [2.75, 3.05) is 12.4 Å². The van der Waals surface area contributed by atoms with Gasteiger partial charge in [-0.25, -0.2) is 0 Å². The van der Waals surface area contributed by atoms with E-state index in [0.717, 1.165) is 25.1 Å². The minimum absolute atomic E-state index is 0.601. The Morgan fingerprint density at radius 3 is 3.00 bits per heavy atom. The monoisotopic (exact) mass is 221 g/mol. The molecule has 15 heavy (non-hydrogen) atoms. The molecule has 0 bridgehead atoms. The van der Waals surface area contributed by atoms with Crippen molar-refractivity contribution in [2.24, 2.45) is 0 Å². The molecule has 0 amide bonds. The van der Waals surface area contributed by atoms with Crippen molar-refractivity contribution in [3.8, 4) is 11.8 Å². The fraction of sp³-hybridized carbons (Fsp3) is 0.385. The lowest BCUT2D eigenvalue weighted by Gasteiger charge is -2.01. The molecule has 0 aliphatic rings. The summed E-state index contributed by atoms with van der Waals surface area (Å²) in [7, 11) is 0. The summed E-state index contributed by atoms with van der Waals surface area (Å²) in [6.45, 7) is 3.99. The molecule has 1 rings (SSSR count). The Hall–Kier alpha value is -0.970. The van der Waals surface area contributed by atoms with E-state index < -0.39 is 0 Å². The Morgan fingerprint density at radius 2 is 2.27 bits per heavy atom. The van der Waals surface area contributed by atoms with Crippen LogP contribution in [-0.2, 0) is 6.54 Å². The topological polar surface area (TPSA) is 12.0 Å². The molecule has 1 aromatic rings. The Labute approximate surface area is 96.8 Å². The highest BCUT2D eigenvalue weighted by atomic mass is 35.5. The highest BCUT2D eigenvalue weighted by molar-refractivity contribution is 6.18. The molecule has 0 fully saturated rings. The number of hydrogen-bond donors (Lipinski definition) is 1. The van der Waals surface area contributed by atoms with Crippen LogP contribution in [0.3, 0.4) is 0 Å². The van der Waals surface area contributed by atoms with Crippen LogP contribution in [0.15, 0.2) is 24.3 Å². The third-order valence-corrected chi connectivity index (χ3v) is 2.15.